The molecular weight excluding hydrogens is 186 g/mol. The van der Waals surface area contributed by atoms with Gasteiger partial charge in [0.25, 0.3) is 0 Å². The van der Waals surface area contributed by atoms with Crippen molar-refractivity contribution in [3.8, 4) is 0 Å². The molecule has 0 atom stereocenters. The third-order valence-electron chi connectivity index (χ3n) is 1.82. The highest BCUT2D eigenvalue weighted by Crippen LogP contribution is 2.27. The fourth-order valence-electron chi connectivity index (χ4n) is 1.08. The van der Waals surface area contributed by atoms with Crippen molar-refractivity contribution in [3.05, 3.63) is 24.4 Å². The normalized spacial score (nSPS) is 10.2. The lowest BCUT2D eigenvalue weighted by atomic mass is 10.4. The summed E-state index contributed by atoms with van der Waals surface area (Å²) >= 11 is 3.45. The van der Waals surface area contributed by atoms with E-state index in [9.17, 15) is 0 Å². The van der Waals surface area contributed by atoms with Crippen molar-refractivity contribution in [3.63, 3.8) is 0 Å². The lowest BCUT2D eigenvalue weighted by Crippen LogP contribution is -1.94. The molecule has 1 aromatic rings. The lowest BCUT2D eigenvalue weighted by Gasteiger charge is -2.05. The van der Waals surface area contributed by atoms with E-state index in [-0.39, 0.29) is 0 Å². The Hall–Kier alpha value is -0.280. The number of thioether (sulfide) groups is 2. The van der Waals surface area contributed by atoms with Crippen molar-refractivity contribution in [2.75, 3.05) is 12.5 Å². The summed E-state index contributed by atoms with van der Waals surface area (Å²) in [6.45, 7) is 3.98. The van der Waals surface area contributed by atoms with Crippen LogP contribution in [0.15, 0.2) is 23.7 Å². The molecule has 0 saturated heterocycles. The molecule has 0 amide bonds. The monoisotopic (exact) mass is 199 g/mol. The number of aromatic nitrogens is 1. The smallest absolute Gasteiger partial charge is 0.0747 e. The van der Waals surface area contributed by atoms with Crippen molar-refractivity contribution in [1.82, 2.24) is 4.57 Å². The Morgan fingerprint density at radius 2 is 2.08 bits per heavy atom. The highest BCUT2D eigenvalue weighted by molar-refractivity contribution is 8.07. The first kappa shape index (κ1) is 9.81. The van der Waals surface area contributed by atoms with E-state index >= 15 is 0 Å². The van der Waals surface area contributed by atoms with Gasteiger partial charge in [-0.3, -0.25) is 0 Å². The van der Waals surface area contributed by atoms with Gasteiger partial charge < -0.3 is 4.57 Å². The van der Waals surface area contributed by atoms with Gasteiger partial charge in [-0.15, -0.1) is 23.5 Å². The van der Waals surface area contributed by atoms with Gasteiger partial charge in [-0.1, -0.05) is 6.58 Å². The molecule has 3 heteroatoms. The maximum Gasteiger partial charge on any atom is 0.0747 e. The maximum absolute atomic E-state index is 3.98. The van der Waals surface area contributed by atoms with Crippen molar-refractivity contribution in [2.24, 2.45) is 7.05 Å². The second kappa shape index (κ2) is 4.10. The molecule has 0 aliphatic rings. The molecule has 1 aromatic heterocycles. The summed E-state index contributed by atoms with van der Waals surface area (Å²) in [6, 6.07) is 4.24. The SMILES string of the molecule is C=C(SC)c1ccc(SC)n1C. The van der Waals surface area contributed by atoms with Gasteiger partial charge in [-0.05, 0) is 24.6 Å². The van der Waals surface area contributed by atoms with Gasteiger partial charge in [0, 0.05) is 12.0 Å². The number of rotatable bonds is 3. The van der Waals surface area contributed by atoms with Gasteiger partial charge in [0.1, 0.15) is 0 Å². The van der Waals surface area contributed by atoms with Crippen molar-refractivity contribution >= 4 is 28.4 Å². The first-order valence-corrected chi connectivity index (χ1v) is 6.08. The molecule has 1 heterocycles. The Morgan fingerprint density at radius 1 is 1.42 bits per heavy atom. The first-order valence-electron chi connectivity index (χ1n) is 3.63. The van der Waals surface area contributed by atoms with Gasteiger partial charge in [-0.2, -0.15) is 0 Å². The van der Waals surface area contributed by atoms with Crippen LogP contribution in [0.25, 0.3) is 4.91 Å². The molecule has 0 saturated carbocycles. The average molecular weight is 199 g/mol. The Balaban J connectivity index is 3.02. The van der Waals surface area contributed by atoms with Crippen LogP contribution in [0.4, 0.5) is 0 Å². The largest absolute Gasteiger partial charge is 0.338 e. The van der Waals surface area contributed by atoms with Gasteiger partial charge in [0.2, 0.25) is 0 Å². The van der Waals surface area contributed by atoms with Crippen LogP contribution in [-0.4, -0.2) is 17.1 Å². The molecule has 66 valence electrons. The van der Waals surface area contributed by atoms with Crippen LogP contribution >= 0.6 is 23.5 Å². The zero-order valence-electron chi connectivity index (χ0n) is 7.63. The van der Waals surface area contributed by atoms with Crippen LogP contribution in [-0.2, 0) is 7.05 Å². The third kappa shape index (κ3) is 1.72. The predicted octanol–water partition coefficient (Wildman–Crippen LogP) is 3.08. The summed E-state index contributed by atoms with van der Waals surface area (Å²) in [6.07, 6.45) is 4.13. The fourth-order valence-corrected chi connectivity index (χ4v) is 2.07. The van der Waals surface area contributed by atoms with E-state index < -0.39 is 0 Å². The minimum Gasteiger partial charge on any atom is -0.338 e. The van der Waals surface area contributed by atoms with Gasteiger partial charge in [0.05, 0.1) is 10.7 Å². The van der Waals surface area contributed by atoms with Crippen molar-refractivity contribution in [1.29, 1.82) is 0 Å². The molecule has 0 aromatic carbocycles. The standard InChI is InChI=1S/C9H13NS2/c1-7(11-3)8-5-6-9(12-4)10(8)2/h5-6H,1H2,2-4H3. The minimum atomic E-state index is 1.12. The Kier molecular flexibility index (Phi) is 3.35. The molecule has 0 aliphatic heterocycles. The van der Waals surface area contributed by atoms with Gasteiger partial charge in [-0.25, -0.2) is 0 Å². The first-order chi connectivity index (χ1) is 5.70. The zero-order chi connectivity index (χ0) is 9.14. The molecule has 0 radical (unpaired) electrons. The Bertz CT molecular complexity index is 289. The van der Waals surface area contributed by atoms with Crippen LogP contribution in [0.1, 0.15) is 5.69 Å². The summed E-state index contributed by atoms with van der Waals surface area (Å²) in [5, 5.41) is 1.28. The molecule has 0 unspecified atom stereocenters. The number of hydrogen-bond acceptors (Lipinski definition) is 2. The van der Waals surface area contributed by atoms with E-state index in [2.05, 4.69) is 36.6 Å². The number of nitrogens with zero attached hydrogens (tertiary/aromatic N) is 1. The highest BCUT2D eigenvalue weighted by Gasteiger charge is 2.05. The molecule has 0 fully saturated rings. The summed E-state index contributed by atoms with van der Waals surface area (Å²) in [5.74, 6) is 0. The van der Waals surface area contributed by atoms with Crippen LogP contribution in [0.2, 0.25) is 0 Å². The summed E-state index contributed by atoms with van der Waals surface area (Å²) in [4.78, 5) is 1.12. The second-order valence-corrected chi connectivity index (χ2v) is 4.17. The minimum absolute atomic E-state index is 1.12. The van der Waals surface area contributed by atoms with E-state index in [1.54, 1.807) is 23.5 Å². The van der Waals surface area contributed by atoms with E-state index in [4.69, 9.17) is 0 Å². The van der Waals surface area contributed by atoms with Gasteiger partial charge in [0.15, 0.2) is 0 Å². The highest BCUT2D eigenvalue weighted by atomic mass is 32.2. The Labute approximate surface area is 82.2 Å². The fraction of sp³-hybridized carbons (Fsp3) is 0.333. The van der Waals surface area contributed by atoms with E-state index in [1.165, 1.54) is 10.7 Å². The van der Waals surface area contributed by atoms with Crippen molar-refractivity contribution < 1.29 is 0 Å². The van der Waals surface area contributed by atoms with Gasteiger partial charge >= 0.3 is 0 Å². The van der Waals surface area contributed by atoms with Crippen LogP contribution in [0.3, 0.4) is 0 Å². The van der Waals surface area contributed by atoms with E-state index in [1.807, 2.05) is 6.26 Å². The number of hydrogen-bond donors (Lipinski definition) is 0. The molecule has 0 bridgehead atoms. The molecule has 1 nitrogen and oxygen atoms in total. The van der Waals surface area contributed by atoms with E-state index in [0.717, 1.165) is 4.91 Å². The van der Waals surface area contributed by atoms with Crippen LogP contribution < -0.4 is 0 Å². The van der Waals surface area contributed by atoms with Crippen LogP contribution in [0, 0.1) is 0 Å². The van der Waals surface area contributed by atoms with E-state index in [0.29, 0.717) is 0 Å². The molecule has 12 heavy (non-hydrogen) atoms. The summed E-state index contributed by atoms with van der Waals surface area (Å²) in [5.41, 5.74) is 1.21. The molecular formula is C9H13NS2. The summed E-state index contributed by atoms with van der Waals surface area (Å²) < 4.78 is 2.17. The van der Waals surface area contributed by atoms with Crippen molar-refractivity contribution in [2.45, 2.75) is 5.03 Å². The third-order valence-corrected chi connectivity index (χ3v) is 3.35. The molecule has 0 spiro atoms. The lowest BCUT2D eigenvalue weighted by molar-refractivity contribution is 0.820. The molecule has 1 rings (SSSR count). The van der Waals surface area contributed by atoms with Crippen LogP contribution in [0.5, 0.6) is 0 Å². The molecule has 0 N–H and O–H groups in total. The zero-order valence-corrected chi connectivity index (χ0v) is 9.26. The topological polar surface area (TPSA) is 4.93 Å². The average Bonchev–Trinajstić information content (AvgIpc) is 2.45. The quantitative estimate of drug-likeness (QED) is 0.689. The second-order valence-electron chi connectivity index (χ2n) is 2.45. The predicted molar refractivity (Wildman–Crippen MR) is 59.7 cm³/mol. The maximum atomic E-state index is 3.98. The Morgan fingerprint density at radius 3 is 2.50 bits per heavy atom. The summed E-state index contributed by atoms with van der Waals surface area (Å²) in [7, 11) is 2.07. The molecule has 0 aliphatic carbocycles.